The fraction of sp³-hybridized carbons (Fsp3) is 0.133. The van der Waals surface area contributed by atoms with Crippen molar-refractivity contribution in [1.82, 2.24) is 0 Å². The fourth-order valence-corrected chi connectivity index (χ4v) is 2.29. The summed E-state index contributed by atoms with van der Waals surface area (Å²) >= 11 is 9.44. The Balaban J connectivity index is 2.42. The molecule has 0 aliphatic carbocycles. The first kappa shape index (κ1) is 14.9. The van der Waals surface area contributed by atoms with Gasteiger partial charge in [-0.05, 0) is 55.3 Å². The lowest BCUT2D eigenvalue weighted by Gasteiger charge is -2.13. The molecule has 5 heteroatoms. The van der Waals surface area contributed by atoms with E-state index in [1.165, 1.54) is 0 Å². The number of benzene rings is 2. The third-order valence-electron chi connectivity index (χ3n) is 2.87. The van der Waals surface area contributed by atoms with Gasteiger partial charge in [0.05, 0.1) is 5.56 Å². The lowest BCUT2D eigenvalue weighted by Crippen LogP contribution is -2.12. The Hall–Kier alpha value is -1.52. The van der Waals surface area contributed by atoms with Crippen molar-refractivity contribution in [2.24, 2.45) is 5.73 Å². The number of hydrogen-bond acceptors (Lipinski definition) is 2. The molecule has 3 N–H and O–H groups in total. The average molecular weight is 354 g/mol. The zero-order valence-corrected chi connectivity index (χ0v) is 13.5. The maximum Gasteiger partial charge on any atom is 0.138 e. The third kappa shape index (κ3) is 3.14. The van der Waals surface area contributed by atoms with Gasteiger partial charge in [0.1, 0.15) is 17.3 Å². The van der Waals surface area contributed by atoms with Crippen molar-refractivity contribution < 1.29 is 4.74 Å². The van der Waals surface area contributed by atoms with Gasteiger partial charge in [-0.25, -0.2) is 0 Å². The molecule has 0 saturated carbocycles. The number of halogens is 2. The molecule has 0 bridgehead atoms. The van der Waals surface area contributed by atoms with Crippen molar-refractivity contribution in [3.63, 3.8) is 0 Å². The van der Waals surface area contributed by atoms with Gasteiger partial charge in [-0.2, -0.15) is 0 Å². The molecule has 3 nitrogen and oxygen atoms in total. The maximum absolute atomic E-state index is 7.59. The summed E-state index contributed by atoms with van der Waals surface area (Å²) < 4.78 is 6.90. The van der Waals surface area contributed by atoms with Crippen LogP contribution in [0.15, 0.2) is 34.8 Å². The number of nitrogen functional groups attached to an aromatic ring is 1. The van der Waals surface area contributed by atoms with Gasteiger partial charge in [-0.3, -0.25) is 5.41 Å². The van der Waals surface area contributed by atoms with Gasteiger partial charge in [0, 0.05) is 9.50 Å². The van der Waals surface area contributed by atoms with Gasteiger partial charge < -0.3 is 10.5 Å². The van der Waals surface area contributed by atoms with Gasteiger partial charge in [0.2, 0.25) is 0 Å². The van der Waals surface area contributed by atoms with Crippen LogP contribution in [0.25, 0.3) is 0 Å². The number of nitrogens with two attached hydrogens (primary N) is 1. The molecule has 0 spiro atoms. The van der Waals surface area contributed by atoms with Crippen LogP contribution in [-0.2, 0) is 0 Å². The van der Waals surface area contributed by atoms with E-state index in [0.29, 0.717) is 22.1 Å². The summed E-state index contributed by atoms with van der Waals surface area (Å²) in [7, 11) is 0. The summed E-state index contributed by atoms with van der Waals surface area (Å²) in [6, 6.07) is 8.90. The van der Waals surface area contributed by atoms with Crippen molar-refractivity contribution in [2.45, 2.75) is 13.8 Å². The molecule has 0 fully saturated rings. The number of aryl methyl sites for hydroxylation is 2. The minimum Gasteiger partial charge on any atom is -0.457 e. The molecule has 0 saturated heterocycles. The molecule has 104 valence electrons. The second-order valence-electron chi connectivity index (χ2n) is 4.53. The second kappa shape index (κ2) is 5.85. The van der Waals surface area contributed by atoms with Gasteiger partial charge in [0.25, 0.3) is 0 Å². The molecule has 0 aliphatic rings. The predicted octanol–water partition coefficient (Wildman–Crippen LogP) is 4.80. The van der Waals surface area contributed by atoms with E-state index in [1.54, 1.807) is 18.2 Å². The van der Waals surface area contributed by atoms with Crippen LogP contribution in [0.1, 0.15) is 16.7 Å². The highest BCUT2D eigenvalue weighted by Gasteiger charge is 2.10. The highest BCUT2D eigenvalue weighted by molar-refractivity contribution is 9.10. The molecule has 2 rings (SSSR count). The molecular weight excluding hydrogens is 340 g/mol. The Morgan fingerprint density at radius 2 is 1.80 bits per heavy atom. The number of amidine groups is 1. The Kier molecular flexibility index (Phi) is 4.35. The van der Waals surface area contributed by atoms with E-state index in [2.05, 4.69) is 15.9 Å². The summed E-state index contributed by atoms with van der Waals surface area (Å²) in [5.74, 6) is 1.14. The highest BCUT2D eigenvalue weighted by Crippen LogP contribution is 2.31. The summed E-state index contributed by atoms with van der Waals surface area (Å²) in [5, 5.41) is 8.11. The van der Waals surface area contributed by atoms with Gasteiger partial charge in [-0.15, -0.1) is 0 Å². The van der Waals surface area contributed by atoms with Crippen molar-refractivity contribution in [2.75, 3.05) is 0 Å². The zero-order valence-electron chi connectivity index (χ0n) is 11.1. The number of hydrogen-bond donors (Lipinski definition) is 2. The van der Waals surface area contributed by atoms with Crippen LogP contribution >= 0.6 is 27.5 Å². The highest BCUT2D eigenvalue weighted by atomic mass is 79.9. The summed E-state index contributed by atoms with van der Waals surface area (Å²) in [6.45, 7) is 4.00. The van der Waals surface area contributed by atoms with Crippen LogP contribution in [0.3, 0.4) is 0 Å². The lowest BCUT2D eigenvalue weighted by molar-refractivity contribution is 0.480. The monoisotopic (exact) mass is 352 g/mol. The van der Waals surface area contributed by atoms with Crippen LogP contribution in [0.4, 0.5) is 0 Å². The van der Waals surface area contributed by atoms with Gasteiger partial charge >= 0.3 is 0 Å². The first-order valence-corrected chi connectivity index (χ1v) is 7.14. The van der Waals surface area contributed by atoms with Crippen molar-refractivity contribution in [1.29, 1.82) is 5.41 Å². The minimum atomic E-state index is -0.0759. The molecule has 2 aromatic rings. The molecule has 0 unspecified atom stereocenters. The summed E-state index contributed by atoms with van der Waals surface area (Å²) in [4.78, 5) is 0. The zero-order chi connectivity index (χ0) is 14.9. The second-order valence-corrected chi connectivity index (χ2v) is 5.76. The average Bonchev–Trinajstić information content (AvgIpc) is 2.37. The lowest BCUT2D eigenvalue weighted by atomic mass is 10.1. The SMILES string of the molecule is Cc1cc(Oc2ccc(Cl)cc2C(=N)N)cc(C)c1Br. The van der Waals surface area contributed by atoms with Gasteiger partial charge in [-0.1, -0.05) is 27.5 Å². The molecule has 0 heterocycles. The maximum atomic E-state index is 7.59. The Bertz CT molecular complexity index is 663. The molecule has 2 aromatic carbocycles. The fourth-order valence-electron chi connectivity index (χ4n) is 1.89. The molecule has 20 heavy (non-hydrogen) atoms. The topological polar surface area (TPSA) is 59.1 Å². The molecule has 0 amide bonds. The molecule has 0 radical (unpaired) electrons. The van der Waals surface area contributed by atoms with E-state index in [0.717, 1.165) is 15.6 Å². The van der Waals surface area contributed by atoms with Crippen LogP contribution in [-0.4, -0.2) is 5.84 Å². The van der Waals surface area contributed by atoms with E-state index in [4.69, 9.17) is 27.5 Å². The first-order chi connectivity index (χ1) is 9.38. The Morgan fingerprint density at radius 3 is 2.35 bits per heavy atom. The molecule has 0 atom stereocenters. The van der Waals surface area contributed by atoms with E-state index in [1.807, 2.05) is 26.0 Å². The van der Waals surface area contributed by atoms with Crippen LogP contribution in [0.5, 0.6) is 11.5 Å². The molecule has 0 aromatic heterocycles. The largest absolute Gasteiger partial charge is 0.457 e. The quantitative estimate of drug-likeness (QED) is 0.615. The van der Waals surface area contributed by atoms with Crippen molar-refractivity contribution in [3.05, 3.63) is 56.5 Å². The van der Waals surface area contributed by atoms with E-state index in [-0.39, 0.29) is 5.84 Å². The van der Waals surface area contributed by atoms with Crippen LogP contribution in [0, 0.1) is 19.3 Å². The molecular formula is C15H14BrClN2O. The third-order valence-corrected chi connectivity index (χ3v) is 4.36. The smallest absolute Gasteiger partial charge is 0.138 e. The van der Waals surface area contributed by atoms with E-state index >= 15 is 0 Å². The first-order valence-electron chi connectivity index (χ1n) is 5.97. The summed E-state index contributed by atoms with van der Waals surface area (Å²) in [5.41, 5.74) is 8.20. The molecule has 0 aliphatic heterocycles. The normalized spacial score (nSPS) is 10.4. The van der Waals surface area contributed by atoms with Crippen molar-refractivity contribution >= 4 is 33.4 Å². The van der Waals surface area contributed by atoms with Crippen molar-refractivity contribution in [3.8, 4) is 11.5 Å². The van der Waals surface area contributed by atoms with Crippen LogP contribution in [0.2, 0.25) is 5.02 Å². The predicted molar refractivity (Wildman–Crippen MR) is 86.2 cm³/mol. The van der Waals surface area contributed by atoms with E-state index in [9.17, 15) is 0 Å². The summed E-state index contributed by atoms with van der Waals surface area (Å²) in [6.07, 6.45) is 0. The Labute approximate surface area is 131 Å². The standard InChI is InChI=1S/C15H14BrClN2O/c1-8-5-11(6-9(2)14(8)16)20-13-4-3-10(17)7-12(13)15(18)19/h3-7H,1-2H3,(H3,18,19). The van der Waals surface area contributed by atoms with Gasteiger partial charge in [0.15, 0.2) is 0 Å². The number of rotatable bonds is 3. The van der Waals surface area contributed by atoms with E-state index < -0.39 is 0 Å². The number of nitrogens with one attached hydrogen (secondary N) is 1. The Morgan fingerprint density at radius 1 is 1.20 bits per heavy atom. The number of ether oxygens (including phenoxy) is 1. The van der Waals surface area contributed by atoms with Crippen LogP contribution < -0.4 is 10.5 Å². The minimum absolute atomic E-state index is 0.0759.